The Balaban J connectivity index is 1.44. The van der Waals surface area contributed by atoms with Crippen LogP contribution in [0.2, 0.25) is 0 Å². The molecular formula is C30H27N3O5S. The van der Waals surface area contributed by atoms with Crippen LogP contribution in [0.25, 0.3) is 0 Å². The van der Waals surface area contributed by atoms with Gasteiger partial charge in [-0.2, -0.15) is 5.10 Å². The van der Waals surface area contributed by atoms with Crippen LogP contribution in [0.3, 0.4) is 0 Å². The number of benzene rings is 4. The van der Waals surface area contributed by atoms with Crippen molar-refractivity contribution in [2.24, 2.45) is 5.10 Å². The predicted octanol–water partition coefficient (Wildman–Crippen LogP) is 4.87. The zero-order chi connectivity index (χ0) is 27.8. The summed E-state index contributed by atoms with van der Waals surface area (Å²) in [7, 11) is -4.02. The van der Waals surface area contributed by atoms with Gasteiger partial charge < -0.3 is 4.74 Å². The van der Waals surface area contributed by atoms with Gasteiger partial charge in [0, 0.05) is 0 Å². The summed E-state index contributed by atoms with van der Waals surface area (Å²) in [5.74, 6) is -0.720. The first-order valence-electron chi connectivity index (χ1n) is 12.1. The summed E-state index contributed by atoms with van der Waals surface area (Å²) >= 11 is 0. The molecule has 0 radical (unpaired) electrons. The molecule has 0 aliphatic rings. The maximum absolute atomic E-state index is 13.5. The standard InChI is InChI=1S/C30H27N3O5S/c1-22-13-18-28(23(2)19-22)33(39(36,37)27-11-7-4-8-12-27)21-29(34)32-31-20-24-14-16-26(17-15-24)38-30(35)25-9-5-3-6-10-25/h3-20H,21H2,1-2H3,(H,32,34). The van der Waals surface area contributed by atoms with E-state index in [9.17, 15) is 18.0 Å². The van der Waals surface area contributed by atoms with Gasteiger partial charge in [0.25, 0.3) is 15.9 Å². The van der Waals surface area contributed by atoms with E-state index >= 15 is 0 Å². The van der Waals surface area contributed by atoms with E-state index in [1.807, 2.05) is 19.1 Å². The molecule has 4 aromatic rings. The molecule has 0 heterocycles. The molecular weight excluding hydrogens is 514 g/mol. The number of nitrogens with zero attached hydrogens (tertiary/aromatic N) is 2. The third-order valence-electron chi connectivity index (χ3n) is 5.74. The van der Waals surface area contributed by atoms with Gasteiger partial charge in [0.1, 0.15) is 12.3 Å². The van der Waals surface area contributed by atoms with Crippen molar-refractivity contribution >= 4 is 33.8 Å². The molecule has 39 heavy (non-hydrogen) atoms. The van der Waals surface area contributed by atoms with Crippen molar-refractivity contribution in [1.29, 1.82) is 0 Å². The second kappa shape index (κ2) is 12.2. The van der Waals surface area contributed by atoms with Gasteiger partial charge in [-0.1, -0.05) is 54.1 Å². The van der Waals surface area contributed by atoms with Gasteiger partial charge in [-0.15, -0.1) is 0 Å². The second-order valence-electron chi connectivity index (χ2n) is 8.73. The van der Waals surface area contributed by atoms with Crippen LogP contribution in [-0.2, 0) is 14.8 Å². The first-order chi connectivity index (χ1) is 18.7. The number of carbonyl (C=O) groups is 2. The molecule has 0 aliphatic heterocycles. The number of aryl methyl sites for hydroxylation is 2. The molecule has 4 aromatic carbocycles. The molecule has 0 bridgehead atoms. The monoisotopic (exact) mass is 541 g/mol. The van der Waals surface area contributed by atoms with E-state index in [1.165, 1.54) is 18.3 Å². The summed E-state index contributed by atoms with van der Waals surface area (Å²) in [6.07, 6.45) is 1.41. The van der Waals surface area contributed by atoms with Crippen LogP contribution in [0.5, 0.6) is 5.75 Å². The third-order valence-corrected chi connectivity index (χ3v) is 7.52. The Labute approximate surface area is 227 Å². The van der Waals surface area contributed by atoms with Crippen LogP contribution in [0.15, 0.2) is 113 Å². The molecule has 0 saturated carbocycles. The van der Waals surface area contributed by atoms with Crippen molar-refractivity contribution in [3.63, 3.8) is 0 Å². The Bertz CT molecular complexity index is 1590. The number of hydrazone groups is 1. The number of amides is 1. The van der Waals surface area contributed by atoms with Crippen LogP contribution in [0, 0.1) is 13.8 Å². The fourth-order valence-electron chi connectivity index (χ4n) is 3.81. The van der Waals surface area contributed by atoms with Crippen LogP contribution in [0.4, 0.5) is 5.69 Å². The number of nitrogens with one attached hydrogen (secondary N) is 1. The number of ether oxygens (including phenoxy) is 1. The fraction of sp³-hybridized carbons (Fsp3) is 0.100. The first-order valence-corrected chi connectivity index (χ1v) is 13.5. The molecule has 0 spiro atoms. The number of rotatable bonds is 9. The normalized spacial score (nSPS) is 11.2. The zero-order valence-electron chi connectivity index (χ0n) is 21.4. The molecule has 0 atom stereocenters. The quantitative estimate of drug-likeness (QED) is 0.141. The Morgan fingerprint density at radius 3 is 2.15 bits per heavy atom. The molecule has 0 aromatic heterocycles. The maximum Gasteiger partial charge on any atom is 0.343 e. The Morgan fingerprint density at radius 1 is 0.872 bits per heavy atom. The van der Waals surface area contributed by atoms with E-state index in [0.29, 0.717) is 22.6 Å². The van der Waals surface area contributed by atoms with E-state index in [0.717, 1.165) is 15.4 Å². The van der Waals surface area contributed by atoms with E-state index in [4.69, 9.17) is 4.74 Å². The summed E-state index contributed by atoms with van der Waals surface area (Å²) in [4.78, 5) is 25.1. The van der Waals surface area contributed by atoms with Crippen LogP contribution in [-0.4, -0.2) is 33.1 Å². The number of sulfonamides is 1. The number of anilines is 1. The van der Waals surface area contributed by atoms with Crippen LogP contribution in [0.1, 0.15) is 27.0 Å². The number of hydrogen-bond acceptors (Lipinski definition) is 6. The van der Waals surface area contributed by atoms with E-state index in [1.54, 1.807) is 85.8 Å². The summed E-state index contributed by atoms with van der Waals surface area (Å²) in [6.45, 7) is 3.24. The van der Waals surface area contributed by atoms with Gasteiger partial charge in [-0.05, 0) is 79.6 Å². The van der Waals surface area contributed by atoms with Gasteiger partial charge in [0.05, 0.1) is 22.4 Å². The maximum atomic E-state index is 13.5. The van der Waals surface area contributed by atoms with Gasteiger partial charge in [-0.25, -0.2) is 18.6 Å². The van der Waals surface area contributed by atoms with E-state index in [2.05, 4.69) is 10.5 Å². The van der Waals surface area contributed by atoms with Gasteiger partial charge in [0.15, 0.2) is 0 Å². The lowest BCUT2D eigenvalue weighted by atomic mass is 10.1. The minimum Gasteiger partial charge on any atom is -0.423 e. The van der Waals surface area contributed by atoms with Crippen molar-refractivity contribution in [1.82, 2.24) is 5.43 Å². The van der Waals surface area contributed by atoms with Crippen molar-refractivity contribution in [3.05, 3.63) is 125 Å². The van der Waals surface area contributed by atoms with Crippen molar-refractivity contribution in [2.75, 3.05) is 10.8 Å². The van der Waals surface area contributed by atoms with Gasteiger partial charge in [0.2, 0.25) is 0 Å². The number of hydrogen-bond donors (Lipinski definition) is 1. The lowest BCUT2D eigenvalue weighted by Crippen LogP contribution is -2.40. The summed E-state index contributed by atoms with van der Waals surface area (Å²) < 4.78 is 33.4. The molecule has 198 valence electrons. The molecule has 1 amide bonds. The topological polar surface area (TPSA) is 105 Å². The zero-order valence-corrected chi connectivity index (χ0v) is 22.3. The van der Waals surface area contributed by atoms with Gasteiger partial charge >= 0.3 is 5.97 Å². The first kappa shape index (κ1) is 27.3. The summed E-state index contributed by atoms with van der Waals surface area (Å²) in [6, 6.07) is 28.5. The molecule has 8 nitrogen and oxygen atoms in total. The van der Waals surface area contributed by atoms with Crippen molar-refractivity contribution < 1.29 is 22.7 Å². The number of carbonyl (C=O) groups excluding carboxylic acids is 2. The van der Waals surface area contributed by atoms with Crippen molar-refractivity contribution in [3.8, 4) is 5.75 Å². The highest BCUT2D eigenvalue weighted by atomic mass is 32.2. The highest BCUT2D eigenvalue weighted by Gasteiger charge is 2.28. The molecule has 0 aliphatic carbocycles. The molecule has 1 N–H and O–H groups in total. The summed E-state index contributed by atoms with van der Waals surface area (Å²) in [5, 5.41) is 3.96. The molecule has 4 rings (SSSR count). The Kier molecular flexibility index (Phi) is 8.53. The minimum absolute atomic E-state index is 0.0781. The fourth-order valence-corrected chi connectivity index (χ4v) is 5.32. The predicted molar refractivity (Wildman–Crippen MR) is 150 cm³/mol. The van der Waals surface area contributed by atoms with Gasteiger partial charge in [-0.3, -0.25) is 9.10 Å². The average Bonchev–Trinajstić information content (AvgIpc) is 2.94. The minimum atomic E-state index is -4.02. The largest absolute Gasteiger partial charge is 0.423 e. The average molecular weight is 542 g/mol. The number of esters is 1. The highest BCUT2D eigenvalue weighted by molar-refractivity contribution is 7.92. The van der Waals surface area contributed by atoms with E-state index < -0.39 is 28.4 Å². The Morgan fingerprint density at radius 2 is 1.51 bits per heavy atom. The SMILES string of the molecule is Cc1ccc(N(CC(=O)NN=Cc2ccc(OC(=O)c3ccccc3)cc2)S(=O)(=O)c2ccccc2)c(C)c1. The van der Waals surface area contributed by atoms with Crippen LogP contribution >= 0.6 is 0 Å². The summed E-state index contributed by atoms with van der Waals surface area (Å²) in [5.41, 5.74) is 5.57. The Hall–Kier alpha value is -4.76. The smallest absolute Gasteiger partial charge is 0.343 e. The molecule has 0 unspecified atom stereocenters. The second-order valence-corrected chi connectivity index (χ2v) is 10.6. The lowest BCUT2D eigenvalue weighted by molar-refractivity contribution is -0.119. The van der Waals surface area contributed by atoms with Crippen molar-refractivity contribution in [2.45, 2.75) is 18.7 Å². The van der Waals surface area contributed by atoms with Crippen LogP contribution < -0.4 is 14.5 Å². The lowest BCUT2D eigenvalue weighted by Gasteiger charge is -2.25. The van der Waals surface area contributed by atoms with E-state index in [-0.39, 0.29) is 4.90 Å². The molecule has 9 heteroatoms. The highest BCUT2D eigenvalue weighted by Crippen LogP contribution is 2.27. The third kappa shape index (κ3) is 6.97. The molecule has 0 saturated heterocycles. The molecule has 0 fully saturated rings.